The Balaban J connectivity index is 1.78. The van der Waals surface area contributed by atoms with E-state index in [-0.39, 0.29) is 0 Å². The second kappa shape index (κ2) is 5.81. The van der Waals surface area contributed by atoms with Crippen molar-refractivity contribution in [3.63, 3.8) is 0 Å². The molecular weight excluding hydrogens is 274 g/mol. The largest absolute Gasteiger partial charge is 0.490 e. The fourth-order valence-corrected chi connectivity index (χ4v) is 3.58. The summed E-state index contributed by atoms with van der Waals surface area (Å²) in [5.41, 5.74) is 0. The van der Waals surface area contributed by atoms with Crippen molar-refractivity contribution in [2.75, 3.05) is 26.2 Å². The fraction of sp³-hybridized carbons (Fsp3) is 0.400. The van der Waals surface area contributed by atoms with Crippen LogP contribution in [-0.4, -0.2) is 42.2 Å². The molecule has 2 heterocycles. The molecule has 3 rings (SSSR count). The van der Waals surface area contributed by atoms with Crippen molar-refractivity contribution in [1.82, 2.24) is 4.90 Å². The van der Waals surface area contributed by atoms with Crippen LogP contribution in [0.5, 0.6) is 5.75 Å². The zero-order valence-corrected chi connectivity index (χ0v) is 12.0. The monoisotopic (exact) mass is 291 g/mol. The lowest BCUT2D eigenvalue weighted by Crippen LogP contribution is -2.25. The summed E-state index contributed by atoms with van der Waals surface area (Å²) >= 11 is 1.28. The topological polar surface area (TPSA) is 49.8 Å². The molecule has 1 aromatic heterocycles. The van der Waals surface area contributed by atoms with Crippen molar-refractivity contribution in [1.29, 1.82) is 0 Å². The lowest BCUT2D eigenvalue weighted by molar-refractivity contribution is 0.0698. The molecule has 20 heavy (non-hydrogen) atoms. The predicted octanol–water partition coefficient (Wildman–Crippen LogP) is 3.07. The molecule has 0 aliphatic carbocycles. The molecule has 0 amide bonds. The molecule has 1 aliphatic rings. The minimum absolute atomic E-state index is 0.299. The van der Waals surface area contributed by atoms with Gasteiger partial charge in [-0.2, -0.15) is 0 Å². The molecule has 0 spiro atoms. The van der Waals surface area contributed by atoms with Gasteiger partial charge in [0.05, 0.1) is 0 Å². The van der Waals surface area contributed by atoms with Gasteiger partial charge in [0.2, 0.25) is 0 Å². The summed E-state index contributed by atoms with van der Waals surface area (Å²) in [6.45, 7) is 3.66. The van der Waals surface area contributed by atoms with Crippen LogP contribution in [0.4, 0.5) is 0 Å². The number of fused-ring (bicyclic) bond motifs is 1. The maximum Gasteiger partial charge on any atom is 0.349 e. The Hall–Kier alpha value is -1.59. The first-order valence-electron chi connectivity index (χ1n) is 6.85. The molecule has 0 atom stereocenters. The number of aromatic carboxylic acids is 1. The third-order valence-corrected chi connectivity index (χ3v) is 4.74. The Kier molecular flexibility index (Phi) is 3.89. The van der Waals surface area contributed by atoms with Crippen molar-refractivity contribution in [2.45, 2.75) is 12.8 Å². The van der Waals surface area contributed by atoms with E-state index in [1.54, 1.807) is 0 Å². The molecule has 106 valence electrons. The number of rotatable bonds is 5. The summed E-state index contributed by atoms with van der Waals surface area (Å²) in [7, 11) is 0. The van der Waals surface area contributed by atoms with Gasteiger partial charge in [0.25, 0.3) is 0 Å². The van der Waals surface area contributed by atoms with Gasteiger partial charge < -0.3 is 9.84 Å². The van der Waals surface area contributed by atoms with E-state index >= 15 is 0 Å². The number of thiophene rings is 1. The van der Waals surface area contributed by atoms with Crippen LogP contribution in [0.3, 0.4) is 0 Å². The van der Waals surface area contributed by atoms with E-state index in [4.69, 9.17) is 4.74 Å². The van der Waals surface area contributed by atoms with Crippen LogP contribution in [-0.2, 0) is 0 Å². The number of carbonyl (C=O) groups is 1. The summed E-state index contributed by atoms with van der Waals surface area (Å²) in [4.78, 5) is 14.0. The highest BCUT2D eigenvalue weighted by atomic mass is 32.1. The Morgan fingerprint density at radius 3 is 2.80 bits per heavy atom. The van der Waals surface area contributed by atoms with Crippen molar-refractivity contribution in [2.24, 2.45) is 0 Å². The number of likely N-dealkylation sites (tertiary alicyclic amines) is 1. The van der Waals surface area contributed by atoms with Gasteiger partial charge in [-0.3, -0.25) is 4.90 Å². The summed E-state index contributed by atoms with van der Waals surface area (Å²) in [5, 5.41) is 10.2. The SMILES string of the molecule is O=C(O)c1sc2ccccc2c1OCCN1CCCC1. The molecule has 1 aliphatic heterocycles. The van der Waals surface area contributed by atoms with Gasteiger partial charge in [0.1, 0.15) is 6.61 Å². The number of nitrogens with zero attached hydrogens (tertiary/aromatic N) is 1. The highest BCUT2D eigenvalue weighted by molar-refractivity contribution is 7.21. The first kappa shape index (κ1) is 13.4. The number of ether oxygens (including phenoxy) is 1. The number of carboxylic acids is 1. The summed E-state index contributed by atoms with van der Waals surface area (Å²) < 4.78 is 6.76. The van der Waals surface area contributed by atoms with E-state index in [2.05, 4.69) is 4.90 Å². The highest BCUT2D eigenvalue weighted by Gasteiger charge is 2.19. The predicted molar refractivity (Wildman–Crippen MR) is 80.0 cm³/mol. The van der Waals surface area contributed by atoms with Gasteiger partial charge >= 0.3 is 5.97 Å². The van der Waals surface area contributed by atoms with Crippen molar-refractivity contribution in [3.05, 3.63) is 29.1 Å². The maximum absolute atomic E-state index is 11.3. The van der Waals surface area contributed by atoms with Crippen molar-refractivity contribution >= 4 is 27.4 Å². The van der Waals surface area contributed by atoms with Crippen LogP contribution in [0.1, 0.15) is 22.5 Å². The number of hydrogen-bond donors (Lipinski definition) is 1. The summed E-state index contributed by atoms with van der Waals surface area (Å²) in [6, 6.07) is 7.68. The second-order valence-electron chi connectivity index (χ2n) is 4.96. The first-order chi connectivity index (χ1) is 9.75. The van der Waals surface area contributed by atoms with Crippen LogP contribution in [0.2, 0.25) is 0 Å². The standard InChI is InChI=1S/C15H17NO3S/c17-15(18)14-13(11-5-1-2-6-12(11)20-14)19-10-9-16-7-3-4-8-16/h1-2,5-6H,3-4,7-10H2,(H,17,18). The quantitative estimate of drug-likeness (QED) is 0.919. The van der Waals surface area contributed by atoms with Crippen LogP contribution >= 0.6 is 11.3 Å². The van der Waals surface area contributed by atoms with Gasteiger partial charge in [-0.25, -0.2) is 4.79 Å². The van der Waals surface area contributed by atoms with Crippen LogP contribution < -0.4 is 4.74 Å². The molecule has 1 N–H and O–H groups in total. The lowest BCUT2D eigenvalue weighted by Gasteiger charge is -2.15. The zero-order chi connectivity index (χ0) is 13.9. The van der Waals surface area contributed by atoms with Gasteiger partial charge in [-0.05, 0) is 38.1 Å². The first-order valence-corrected chi connectivity index (χ1v) is 7.67. The van der Waals surface area contributed by atoms with Crippen molar-refractivity contribution in [3.8, 4) is 5.75 Å². The van der Waals surface area contributed by atoms with Crippen LogP contribution in [0, 0.1) is 0 Å². The van der Waals surface area contributed by atoms with Gasteiger partial charge in [-0.15, -0.1) is 11.3 Å². The minimum atomic E-state index is -0.914. The van der Waals surface area contributed by atoms with E-state index in [0.29, 0.717) is 17.2 Å². The molecule has 0 saturated carbocycles. The second-order valence-corrected chi connectivity index (χ2v) is 6.01. The van der Waals surface area contributed by atoms with Crippen LogP contribution in [0.15, 0.2) is 24.3 Å². The Morgan fingerprint density at radius 2 is 2.05 bits per heavy atom. The molecule has 4 nitrogen and oxygen atoms in total. The average molecular weight is 291 g/mol. The highest BCUT2D eigenvalue weighted by Crippen LogP contribution is 2.37. The van der Waals surface area contributed by atoms with E-state index in [1.165, 1.54) is 24.2 Å². The molecule has 1 aromatic carbocycles. The Labute approximate surface area is 121 Å². The molecule has 1 fully saturated rings. The number of hydrogen-bond acceptors (Lipinski definition) is 4. The zero-order valence-electron chi connectivity index (χ0n) is 11.2. The number of benzene rings is 1. The lowest BCUT2D eigenvalue weighted by atomic mass is 10.2. The van der Waals surface area contributed by atoms with Crippen LogP contribution in [0.25, 0.3) is 10.1 Å². The van der Waals surface area contributed by atoms with E-state index in [9.17, 15) is 9.90 Å². The average Bonchev–Trinajstić information content (AvgIpc) is 3.07. The summed E-state index contributed by atoms with van der Waals surface area (Å²) in [5.74, 6) is -0.389. The molecular formula is C15H17NO3S. The molecule has 0 radical (unpaired) electrons. The van der Waals surface area contributed by atoms with E-state index in [0.717, 1.165) is 29.7 Å². The Bertz CT molecular complexity index is 617. The molecule has 0 bridgehead atoms. The van der Waals surface area contributed by atoms with Gasteiger partial charge in [0.15, 0.2) is 10.6 Å². The smallest absolute Gasteiger partial charge is 0.349 e. The Morgan fingerprint density at radius 1 is 1.30 bits per heavy atom. The number of carboxylic acid groups (broad SMARTS) is 1. The van der Waals surface area contributed by atoms with E-state index in [1.807, 2.05) is 24.3 Å². The third-order valence-electron chi connectivity index (χ3n) is 3.60. The summed E-state index contributed by atoms with van der Waals surface area (Å²) in [6.07, 6.45) is 2.50. The third kappa shape index (κ3) is 2.64. The van der Waals surface area contributed by atoms with E-state index < -0.39 is 5.97 Å². The van der Waals surface area contributed by atoms with Gasteiger partial charge in [-0.1, -0.05) is 12.1 Å². The van der Waals surface area contributed by atoms with Crippen molar-refractivity contribution < 1.29 is 14.6 Å². The maximum atomic E-state index is 11.3. The van der Waals surface area contributed by atoms with Gasteiger partial charge in [0, 0.05) is 16.6 Å². The minimum Gasteiger partial charge on any atom is -0.490 e. The fourth-order valence-electron chi connectivity index (χ4n) is 2.59. The molecule has 0 unspecified atom stereocenters. The normalized spacial score (nSPS) is 15.8. The molecule has 5 heteroatoms. The molecule has 2 aromatic rings. The molecule has 1 saturated heterocycles.